The largest absolute Gasteiger partial charge is 0.481 e. The highest BCUT2D eigenvalue weighted by Gasteiger charge is 2.43. The van der Waals surface area contributed by atoms with Crippen molar-refractivity contribution in [2.45, 2.75) is 26.2 Å². The molecule has 0 aliphatic carbocycles. The van der Waals surface area contributed by atoms with E-state index in [1.165, 1.54) is 0 Å². The minimum Gasteiger partial charge on any atom is -0.481 e. The van der Waals surface area contributed by atoms with E-state index in [9.17, 15) is 14.7 Å². The molecule has 5 heteroatoms. The third-order valence-corrected chi connectivity index (χ3v) is 2.99. The van der Waals surface area contributed by atoms with E-state index < -0.39 is 17.3 Å². The Kier molecular flexibility index (Phi) is 3.68. The van der Waals surface area contributed by atoms with Gasteiger partial charge in [0, 0.05) is 6.54 Å². The molecule has 1 amide bonds. The van der Waals surface area contributed by atoms with Crippen LogP contribution >= 0.6 is 0 Å². The molecule has 0 bridgehead atoms. The van der Waals surface area contributed by atoms with Crippen molar-refractivity contribution >= 4 is 11.9 Å². The van der Waals surface area contributed by atoms with Crippen LogP contribution in [-0.4, -0.2) is 41.5 Å². The smallest absolute Gasteiger partial charge is 0.310 e. The molecule has 1 aliphatic rings. The predicted octanol–water partition coefficient (Wildman–Crippen LogP) is 0.0485. The minimum absolute atomic E-state index is 0.165. The Morgan fingerprint density at radius 2 is 2.20 bits per heavy atom. The second-order valence-corrected chi connectivity index (χ2v) is 4.26. The molecule has 1 heterocycles. The summed E-state index contributed by atoms with van der Waals surface area (Å²) in [6, 6.07) is 0. The number of carbonyl (C=O) groups is 2. The van der Waals surface area contributed by atoms with Crippen LogP contribution < -0.4 is 5.73 Å². The monoisotopic (exact) mass is 214 g/mol. The van der Waals surface area contributed by atoms with Gasteiger partial charge in [-0.05, 0) is 19.4 Å². The fourth-order valence-corrected chi connectivity index (χ4v) is 2.28. The van der Waals surface area contributed by atoms with Gasteiger partial charge in [0.25, 0.3) is 0 Å². The van der Waals surface area contributed by atoms with E-state index in [4.69, 9.17) is 5.73 Å². The third kappa shape index (κ3) is 2.68. The molecule has 0 aromatic rings. The molecule has 1 aliphatic heterocycles. The zero-order valence-electron chi connectivity index (χ0n) is 9.03. The minimum atomic E-state index is -0.753. The molecule has 3 N–H and O–H groups in total. The number of primary amides is 1. The Bertz CT molecular complexity index is 267. The number of carboxylic acids is 1. The van der Waals surface area contributed by atoms with E-state index in [0.717, 1.165) is 6.42 Å². The van der Waals surface area contributed by atoms with Crippen LogP contribution in [0.15, 0.2) is 0 Å². The lowest BCUT2D eigenvalue weighted by Gasteiger charge is -2.23. The number of likely N-dealkylation sites (tertiary alicyclic amines) is 1. The van der Waals surface area contributed by atoms with Gasteiger partial charge in [0.15, 0.2) is 0 Å². The number of carboxylic acid groups (broad SMARTS) is 1. The number of nitrogens with two attached hydrogens (primary N) is 1. The SMILES string of the molecule is CCCC1(C(=O)O)CCN(CC(N)=O)C1. The van der Waals surface area contributed by atoms with E-state index in [2.05, 4.69) is 0 Å². The third-order valence-electron chi connectivity index (χ3n) is 2.99. The summed E-state index contributed by atoms with van der Waals surface area (Å²) in [6.07, 6.45) is 2.12. The van der Waals surface area contributed by atoms with Crippen LogP contribution in [0.25, 0.3) is 0 Å². The van der Waals surface area contributed by atoms with Gasteiger partial charge >= 0.3 is 5.97 Å². The molecule has 15 heavy (non-hydrogen) atoms. The summed E-state index contributed by atoms with van der Waals surface area (Å²) >= 11 is 0. The Morgan fingerprint density at radius 1 is 1.53 bits per heavy atom. The predicted molar refractivity (Wildman–Crippen MR) is 55.2 cm³/mol. The van der Waals surface area contributed by atoms with Crippen LogP contribution in [0.5, 0.6) is 0 Å². The Morgan fingerprint density at radius 3 is 2.67 bits per heavy atom. The quantitative estimate of drug-likeness (QED) is 0.677. The van der Waals surface area contributed by atoms with E-state index in [-0.39, 0.29) is 6.54 Å². The highest BCUT2D eigenvalue weighted by Crippen LogP contribution is 2.35. The number of amides is 1. The first kappa shape index (κ1) is 12.0. The molecular formula is C10H18N2O3. The number of carbonyl (C=O) groups excluding carboxylic acids is 1. The van der Waals surface area contributed by atoms with Gasteiger partial charge in [0.2, 0.25) is 5.91 Å². The maximum atomic E-state index is 11.2. The van der Waals surface area contributed by atoms with E-state index >= 15 is 0 Å². The van der Waals surface area contributed by atoms with Crippen LogP contribution in [-0.2, 0) is 9.59 Å². The molecule has 86 valence electrons. The van der Waals surface area contributed by atoms with Crippen molar-refractivity contribution in [1.82, 2.24) is 4.90 Å². The van der Waals surface area contributed by atoms with Crippen molar-refractivity contribution in [3.05, 3.63) is 0 Å². The topological polar surface area (TPSA) is 83.6 Å². The Labute approximate surface area is 89.2 Å². The maximum Gasteiger partial charge on any atom is 0.310 e. The first-order chi connectivity index (χ1) is 7.00. The van der Waals surface area contributed by atoms with Crippen LogP contribution in [0.2, 0.25) is 0 Å². The average molecular weight is 214 g/mol. The van der Waals surface area contributed by atoms with Crippen molar-refractivity contribution in [1.29, 1.82) is 0 Å². The number of hydrogen-bond acceptors (Lipinski definition) is 3. The number of aliphatic carboxylic acids is 1. The summed E-state index contributed by atoms with van der Waals surface area (Å²) in [7, 11) is 0. The van der Waals surface area contributed by atoms with Crippen LogP contribution in [0.3, 0.4) is 0 Å². The molecule has 1 unspecified atom stereocenters. The molecule has 1 atom stereocenters. The van der Waals surface area contributed by atoms with Gasteiger partial charge in [-0.25, -0.2) is 0 Å². The van der Waals surface area contributed by atoms with Gasteiger partial charge in [-0.2, -0.15) is 0 Å². The van der Waals surface area contributed by atoms with Gasteiger partial charge in [0.05, 0.1) is 12.0 Å². The van der Waals surface area contributed by atoms with Gasteiger partial charge in [-0.3, -0.25) is 14.5 Å². The van der Waals surface area contributed by atoms with Crippen molar-refractivity contribution < 1.29 is 14.7 Å². The number of nitrogens with zero attached hydrogens (tertiary/aromatic N) is 1. The average Bonchev–Trinajstić information content (AvgIpc) is 2.49. The normalized spacial score (nSPS) is 26.7. The molecule has 0 aromatic carbocycles. The van der Waals surface area contributed by atoms with E-state index in [1.54, 1.807) is 0 Å². The lowest BCUT2D eigenvalue weighted by molar-refractivity contribution is -0.148. The lowest BCUT2D eigenvalue weighted by atomic mass is 9.83. The van der Waals surface area contributed by atoms with E-state index in [1.807, 2.05) is 11.8 Å². The number of hydrogen-bond donors (Lipinski definition) is 2. The zero-order chi connectivity index (χ0) is 11.5. The summed E-state index contributed by atoms with van der Waals surface area (Å²) < 4.78 is 0. The van der Waals surface area contributed by atoms with Gasteiger partial charge in [0.1, 0.15) is 0 Å². The highest BCUT2D eigenvalue weighted by molar-refractivity contribution is 5.77. The van der Waals surface area contributed by atoms with Gasteiger partial charge in [-0.1, -0.05) is 13.3 Å². The highest BCUT2D eigenvalue weighted by atomic mass is 16.4. The van der Waals surface area contributed by atoms with Crippen molar-refractivity contribution in [3.63, 3.8) is 0 Å². The second kappa shape index (κ2) is 4.61. The maximum absolute atomic E-state index is 11.2. The summed E-state index contributed by atoms with van der Waals surface area (Å²) in [5, 5.41) is 9.20. The van der Waals surface area contributed by atoms with E-state index in [0.29, 0.717) is 25.9 Å². The molecule has 0 spiro atoms. The molecule has 5 nitrogen and oxygen atoms in total. The van der Waals surface area contributed by atoms with Crippen molar-refractivity contribution in [2.24, 2.45) is 11.1 Å². The summed E-state index contributed by atoms with van der Waals surface area (Å²) in [6.45, 7) is 3.23. The fraction of sp³-hybridized carbons (Fsp3) is 0.800. The standard InChI is InChI=1S/C10H18N2O3/c1-2-3-10(9(14)15)4-5-12(7-10)6-8(11)13/h2-7H2,1H3,(H2,11,13)(H,14,15). The van der Waals surface area contributed by atoms with Gasteiger partial charge in [-0.15, -0.1) is 0 Å². The van der Waals surface area contributed by atoms with Crippen molar-refractivity contribution in [2.75, 3.05) is 19.6 Å². The first-order valence-corrected chi connectivity index (χ1v) is 5.24. The van der Waals surface area contributed by atoms with Crippen LogP contribution in [0, 0.1) is 5.41 Å². The first-order valence-electron chi connectivity index (χ1n) is 5.24. The fourth-order valence-electron chi connectivity index (χ4n) is 2.28. The molecule has 0 radical (unpaired) electrons. The molecular weight excluding hydrogens is 196 g/mol. The van der Waals surface area contributed by atoms with Gasteiger partial charge < -0.3 is 10.8 Å². The molecule has 0 aromatic heterocycles. The molecule has 0 saturated carbocycles. The lowest BCUT2D eigenvalue weighted by Crippen LogP contribution is -2.37. The summed E-state index contributed by atoms with van der Waals surface area (Å²) in [4.78, 5) is 23.8. The zero-order valence-corrected chi connectivity index (χ0v) is 9.03. The molecule has 1 rings (SSSR count). The molecule has 1 saturated heterocycles. The summed E-state index contributed by atoms with van der Waals surface area (Å²) in [5.41, 5.74) is 4.42. The summed E-state index contributed by atoms with van der Waals surface area (Å²) in [5.74, 6) is -1.15. The van der Waals surface area contributed by atoms with Crippen LogP contribution in [0.1, 0.15) is 26.2 Å². The Hall–Kier alpha value is -1.10. The number of rotatable bonds is 5. The Balaban J connectivity index is 2.63. The second-order valence-electron chi connectivity index (χ2n) is 4.26. The van der Waals surface area contributed by atoms with Crippen molar-refractivity contribution in [3.8, 4) is 0 Å². The van der Waals surface area contributed by atoms with Crippen LogP contribution in [0.4, 0.5) is 0 Å². The molecule has 1 fully saturated rings.